The Kier molecular flexibility index (Phi) is 3.57. The van der Waals surface area contributed by atoms with Gasteiger partial charge in [0.2, 0.25) is 0 Å². The van der Waals surface area contributed by atoms with E-state index in [1.807, 2.05) is 37.8 Å². The van der Waals surface area contributed by atoms with Gasteiger partial charge in [-0.25, -0.2) is 0 Å². The quantitative estimate of drug-likeness (QED) is 0.771. The molecule has 1 aliphatic rings. The number of rotatable bonds is 1. The first-order valence-corrected chi connectivity index (χ1v) is 6.28. The number of aryl methyl sites for hydroxylation is 1. The minimum Gasteiger partial charge on any atom is -0.398 e. The topological polar surface area (TPSA) is 55.6 Å². The first-order valence-electron chi connectivity index (χ1n) is 6.28. The van der Waals surface area contributed by atoms with Gasteiger partial charge in [-0.3, -0.25) is 4.79 Å². The van der Waals surface area contributed by atoms with E-state index in [1.54, 1.807) is 6.07 Å². The van der Waals surface area contributed by atoms with Crippen molar-refractivity contribution >= 4 is 11.6 Å². The van der Waals surface area contributed by atoms with Crippen LogP contribution in [0.25, 0.3) is 0 Å². The lowest BCUT2D eigenvalue weighted by atomic mass is 10.1. The molecule has 0 aliphatic carbocycles. The first-order chi connectivity index (χ1) is 8.47. The van der Waals surface area contributed by atoms with Crippen LogP contribution >= 0.6 is 0 Å². The molecule has 18 heavy (non-hydrogen) atoms. The first kappa shape index (κ1) is 12.9. The van der Waals surface area contributed by atoms with Crippen molar-refractivity contribution in [3.8, 4) is 0 Å². The summed E-state index contributed by atoms with van der Waals surface area (Å²) in [5.74, 6) is -0.00509. The van der Waals surface area contributed by atoms with Gasteiger partial charge in [0, 0.05) is 18.8 Å². The Hall–Kier alpha value is -1.55. The Balaban J connectivity index is 2.20. The fourth-order valence-corrected chi connectivity index (χ4v) is 2.39. The monoisotopic (exact) mass is 248 g/mol. The van der Waals surface area contributed by atoms with Crippen LogP contribution in [0.15, 0.2) is 18.2 Å². The second kappa shape index (κ2) is 4.98. The Morgan fingerprint density at radius 2 is 1.94 bits per heavy atom. The van der Waals surface area contributed by atoms with E-state index in [0.717, 1.165) is 5.56 Å². The van der Waals surface area contributed by atoms with Gasteiger partial charge in [0.05, 0.1) is 17.8 Å². The molecule has 0 bridgehead atoms. The summed E-state index contributed by atoms with van der Waals surface area (Å²) >= 11 is 0. The van der Waals surface area contributed by atoms with E-state index in [9.17, 15) is 4.79 Å². The molecule has 2 N–H and O–H groups in total. The minimum atomic E-state index is -0.00509. The van der Waals surface area contributed by atoms with Gasteiger partial charge in [0.1, 0.15) is 0 Å². The molecular formula is C14H20N2O2. The van der Waals surface area contributed by atoms with Gasteiger partial charge in [-0.1, -0.05) is 6.07 Å². The number of anilines is 1. The second-order valence-electron chi connectivity index (χ2n) is 5.06. The van der Waals surface area contributed by atoms with Crippen molar-refractivity contribution in [2.24, 2.45) is 0 Å². The van der Waals surface area contributed by atoms with E-state index < -0.39 is 0 Å². The second-order valence-corrected chi connectivity index (χ2v) is 5.06. The Morgan fingerprint density at radius 1 is 1.33 bits per heavy atom. The van der Waals surface area contributed by atoms with Crippen molar-refractivity contribution < 1.29 is 9.53 Å². The van der Waals surface area contributed by atoms with Crippen molar-refractivity contribution in [3.63, 3.8) is 0 Å². The zero-order valence-corrected chi connectivity index (χ0v) is 11.1. The molecular weight excluding hydrogens is 228 g/mol. The van der Waals surface area contributed by atoms with Crippen molar-refractivity contribution in [2.45, 2.75) is 33.0 Å². The SMILES string of the molecule is Cc1ccc(C(=O)N2C[C@@H](C)O[C@@H](C)C2)c(N)c1. The Morgan fingerprint density at radius 3 is 2.50 bits per heavy atom. The largest absolute Gasteiger partial charge is 0.398 e. The van der Waals surface area contributed by atoms with Crippen LogP contribution in [-0.4, -0.2) is 36.1 Å². The zero-order chi connectivity index (χ0) is 13.3. The molecule has 1 heterocycles. The van der Waals surface area contributed by atoms with Crippen molar-refractivity contribution in [1.29, 1.82) is 0 Å². The molecule has 1 fully saturated rings. The number of nitrogen functional groups attached to an aromatic ring is 1. The average molecular weight is 248 g/mol. The maximum atomic E-state index is 12.4. The van der Waals surface area contributed by atoms with Crippen LogP contribution in [-0.2, 0) is 4.74 Å². The fourth-order valence-electron chi connectivity index (χ4n) is 2.39. The van der Waals surface area contributed by atoms with Gasteiger partial charge in [0.25, 0.3) is 5.91 Å². The Bertz CT molecular complexity index is 449. The van der Waals surface area contributed by atoms with Gasteiger partial charge in [-0.15, -0.1) is 0 Å². The smallest absolute Gasteiger partial charge is 0.256 e. The summed E-state index contributed by atoms with van der Waals surface area (Å²) in [6.45, 7) is 7.17. The van der Waals surface area contributed by atoms with Gasteiger partial charge in [0.15, 0.2) is 0 Å². The predicted molar refractivity (Wildman–Crippen MR) is 71.5 cm³/mol. The zero-order valence-electron chi connectivity index (χ0n) is 11.1. The predicted octanol–water partition coefficient (Wildman–Crippen LogP) is 1.83. The fraction of sp³-hybridized carbons (Fsp3) is 0.500. The van der Waals surface area contributed by atoms with Crippen LogP contribution in [0.3, 0.4) is 0 Å². The van der Waals surface area contributed by atoms with Crippen LogP contribution in [0.5, 0.6) is 0 Å². The summed E-state index contributed by atoms with van der Waals surface area (Å²) in [5.41, 5.74) is 8.12. The molecule has 0 aromatic heterocycles. The van der Waals surface area contributed by atoms with Gasteiger partial charge in [-0.05, 0) is 38.5 Å². The molecule has 0 unspecified atom stereocenters. The molecule has 1 aromatic rings. The van der Waals surface area contributed by atoms with Crippen molar-refractivity contribution in [3.05, 3.63) is 29.3 Å². The van der Waals surface area contributed by atoms with Crippen LogP contribution in [0.2, 0.25) is 0 Å². The van der Waals surface area contributed by atoms with E-state index in [4.69, 9.17) is 10.5 Å². The molecule has 0 spiro atoms. The van der Waals surface area contributed by atoms with E-state index in [2.05, 4.69) is 0 Å². The summed E-state index contributed by atoms with van der Waals surface area (Å²) in [6.07, 6.45) is 0.147. The van der Waals surface area contributed by atoms with Gasteiger partial charge >= 0.3 is 0 Å². The number of morpholine rings is 1. The molecule has 1 saturated heterocycles. The summed E-state index contributed by atoms with van der Waals surface area (Å²) in [4.78, 5) is 14.2. The highest BCUT2D eigenvalue weighted by atomic mass is 16.5. The number of carbonyl (C=O) groups is 1. The van der Waals surface area contributed by atoms with Crippen molar-refractivity contribution in [1.82, 2.24) is 4.90 Å². The molecule has 1 amide bonds. The molecule has 1 aromatic carbocycles. The molecule has 2 rings (SSSR count). The molecule has 4 nitrogen and oxygen atoms in total. The number of hydrogen-bond acceptors (Lipinski definition) is 3. The van der Waals surface area contributed by atoms with Gasteiger partial charge < -0.3 is 15.4 Å². The summed E-state index contributed by atoms with van der Waals surface area (Å²) in [6, 6.07) is 5.55. The van der Waals surface area contributed by atoms with Crippen LogP contribution in [0.1, 0.15) is 29.8 Å². The maximum absolute atomic E-state index is 12.4. The van der Waals surface area contributed by atoms with Crippen LogP contribution < -0.4 is 5.73 Å². The number of benzene rings is 1. The molecule has 98 valence electrons. The molecule has 0 saturated carbocycles. The lowest BCUT2D eigenvalue weighted by Gasteiger charge is -2.35. The third-order valence-electron chi connectivity index (χ3n) is 3.14. The van der Waals surface area contributed by atoms with E-state index >= 15 is 0 Å². The molecule has 0 radical (unpaired) electrons. The van der Waals surface area contributed by atoms with Crippen LogP contribution in [0.4, 0.5) is 5.69 Å². The lowest BCUT2D eigenvalue weighted by molar-refractivity contribution is -0.0585. The molecule has 1 aliphatic heterocycles. The van der Waals surface area contributed by atoms with Crippen LogP contribution in [0, 0.1) is 6.92 Å². The normalized spacial score (nSPS) is 24.1. The number of nitrogens with zero attached hydrogens (tertiary/aromatic N) is 1. The lowest BCUT2D eigenvalue weighted by Crippen LogP contribution is -2.48. The molecule has 4 heteroatoms. The third kappa shape index (κ3) is 2.64. The summed E-state index contributed by atoms with van der Waals surface area (Å²) in [5, 5.41) is 0. The Labute approximate surface area is 108 Å². The number of carbonyl (C=O) groups excluding carboxylic acids is 1. The third-order valence-corrected chi connectivity index (χ3v) is 3.14. The molecule has 2 atom stereocenters. The maximum Gasteiger partial charge on any atom is 0.256 e. The average Bonchev–Trinajstić information content (AvgIpc) is 2.26. The highest BCUT2D eigenvalue weighted by Gasteiger charge is 2.27. The highest BCUT2D eigenvalue weighted by Crippen LogP contribution is 2.19. The number of nitrogens with two attached hydrogens (primary N) is 1. The van der Waals surface area contributed by atoms with E-state index in [0.29, 0.717) is 24.3 Å². The number of hydrogen-bond donors (Lipinski definition) is 1. The number of amides is 1. The number of ether oxygens (including phenoxy) is 1. The summed E-state index contributed by atoms with van der Waals surface area (Å²) < 4.78 is 5.63. The summed E-state index contributed by atoms with van der Waals surface area (Å²) in [7, 11) is 0. The van der Waals surface area contributed by atoms with Gasteiger partial charge in [-0.2, -0.15) is 0 Å². The standard InChI is InChI=1S/C14H20N2O2/c1-9-4-5-12(13(15)6-9)14(17)16-7-10(2)18-11(3)8-16/h4-6,10-11H,7-8,15H2,1-3H3/t10-,11+. The van der Waals surface area contributed by atoms with E-state index in [1.165, 1.54) is 0 Å². The minimum absolute atomic E-state index is 0.00509. The van der Waals surface area contributed by atoms with E-state index in [-0.39, 0.29) is 18.1 Å². The highest BCUT2D eigenvalue weighted by molar-refractivity contribution is 5.99. The van der Waals surface area contributed by atoms with Crippen molar-refractivity contribution in [2.75, 3.05) is 18.8 Å².